The summed E-state index contributed by atoms with van der Waals surface area (Å²) in [6.45, 7) is 3.05. The van der Waals surface area contributed by atoms with E-state index >= 15 is 0 Å². The van der Waals surface area contributed by atoms with E-state index in [1.54, 1.807) is 13.4 Å². The first-order valence-electron chi connectivity index (χ1n) is 7.00. The van der Waals surface area contributed by atoms with Crippen LogP contribution in [0.5, 0.6) is 0 Å². The van der Waals surface area contributed by atoms with Crippen molar-refractivity contribution in [3.05, 3.63) is 30.6 Å². The highest BCUT2D eigenvalue weighted by Gasteiger charge is 2.09. The molecule has 0 unspecified atom stereocenters. The zero-order chi connectivity index (χ0) is 14.7. The summed E-state index contributed by atoms with van der Waals surface area (Å²) in [5.41, 5.74) is 1.97. The maximum Gasteiger partial charge on any atom is 0.204 e. The van der Waals surface area contributed by atoms with Gasteiger partial charge >= 0.3 is 0 Å². The second kappa shape index (κ2) is 5.82. The number of rotatable bonds is 5. The third-order valence-electron chi connectivity index (χ3n) is 3.25. The van der Waals surface area contributed by atoms with Crippen molar-refractivity contribution in [2.45, 2.75) is 26.3 Å². The average Bonchev–Trinajstić information content (AvgIpc) is 3.14. The van der Waals surface area contributed by atoms with Crippen LogP contribution >= 0.6 is 0 Å². The zero-order valence-electron chi connectivity index (χ0n) is 12.1. The Hall–Kier alpha value is -2.57. The van der Waals surface area contributed by atoms with E-state index in [-0.39, 0.29) is 0 Å². The minimum atomic E-state index is 0.622. The van der Waals surface area contributed by atoms with Crippen LogP contribution in [-0.2, 0) is 13.6 Å². The lowest BCUT2D eigenvalue weighted by molar-refractivity contribution is 0.576. The molecular formula is C14H17N7. The van der Waals surface area contributed by atoms with E-state index in [0.29, 0.717) is 5.82 Å². The first-order chi connectivity index (χ1) is 10.3. The number of unbranched alkanes of at least 4 members (excludes halogenated alkanes) is 1. The summed E-state index contributed by atoms with van der Waals surface area (Å²) in [5, 5.41) is 16.3. The van der Waals surface area contributed by atoms with Gasteiger partial charge in [0, 0.05) is 17.7 Å². The first-order valence-corrected chi connectivity index (χ1v) is 7.00. The average molecular weight is 283 g/mol. The molecule has 0 spiro atoms. The molecule has 2 aromatic heterocycles. The molecule has 0 aliphatic carbocycles. The Bertz CT molecular complexity index is 711. The smallest absolute Gasteiger partial charge is 0.204 e. The number of hydrogen-bond acceptors (Lipinski definition) is 5. The number of nitrogens with zero attached hydrogens (tertiary/aromatic N) is 7. The fourth-order valence-corrected chi connectivity index (χ4v) is 2.13. The quantitative estimate of drug-likeness (QED) is 0.715. The first kappa shape index (κ1) is 13.4. The van der Waals surface area contributed by atoms with Gasteiger partial charge in [-0.05, 0) is 11.6 Å². The maximum atomic E-state index is 4.35. The van der Waals surface area contributed by atoms with Gasteiger partial charge in [0.05, 0.1) is 7.05 Å². The molecule has 0 saturated carbocycles. The molecule has 0 amide bonds. The van der Waals surface area contributed by atoms with Crippen LogP contribution in [-0.4, -0.2) is 35.0 Å². The summed E-state index contributed by atoms with van der Waals surface area (Å²) < 4.78 is 1.94. The summed E-state index contributed by atoms with van der Waals surface area (Å²) in [5.74, 6) is 1.51. The molecule has 0 atom stereocenters. The molecule has 3 rings (SSSR count). The minimum absolute atomic E-state index is 0.622. The van der Waals surface area contributed by atoms with Crippen molar-refractivity contribution in [1.29, 1.82) is 0 Å². The lowest BCUT2D eigenvalue weighted by Gasteiger charge is -2.05. The van der Waals surface area contributed by atoms with Gasteiger partial charge < -0.3 is 0 Å². The van der Waals surface area contributed by atoms with Crippen molar-refractivity contribution in [2.75, 3.05) is 0 Å². The van der Waals surface area contributed by atoms with E-state index in [1.807, 2.05) is 28.9 Å². The van der Waals surface area contributed by atoms with Gasteiger partial charge in [0.15, 0.2) is 5.82 Å². The van der Waals surface area contributed by atoms with Crippen molar-refractivity contribution in [1.82, 2.24) is 35.0 Å². The Labute approximate surface area is 122 Å². The lowest BCUT2D eigenvalue weighted by atomic mass is 10.1. The molecule has 0 radical (unpaired) electrons. The van der Waals surface area contributed by atoms with Crippen LogP contribution in [0.25, 0.3) is 22.8 Å². The van der Waals surface area contributed by atoms with Crippen LogP contribution < -0.4 is 0 Å². The molecule has 1 aromatic carbocycles. The second-order valence-corrected chi connectivity index (χ2v) is 4.84. The zero-order valence-corrected chi connectivity index (χ0v) is 12.1. The van der Waals surface area contributed by atoms with E-state index in [1.165, 1.54) is 4.80 Å². The largest absolute Gasteiger partial charge is 0.246 e. The van der Waals surface area contributed by atoms with Crippen molar-refractivity contribution in [3.8, 4) is 22.8 Å². The van der Waals surface area contributed by atoms with Crippen LogP contribution in [0.4, 0.5) is 0 Å². The minimum Gasteiger partial charge on any atom is -0.246 e. The second-order valence-electron chi connectivity index (χ2n) is 4.84. The molecule has 108 valence electrons. The van der Waals surface area contributed by atoms with Gasteiger partial charge in [-0.15, -0.1) is 10.2 Å². The molecule has 0 aliphatic heterocycles. The molecule has 0 saturated heterocycles. The molecule has 0 fully saturated rings. The van der Waals surface area contributed by atoms with Gasteiger partial charge in [0.1, 0.15) is 6.33 Å². The van der Waals surface area contributed by atoms with Gasteiger partial charge in [-0.2, -0.15) is 9.90 Å². The fourth-order valence-electron chi connectivity index (χ4n) is 2.13. The number of aryl methyl sites for hydroxylation is 2. The van der Waals surface area contributed by atoms with E-state index in [2.05, 4.69) is 32.4 Å². The molecule has 2 heterocycles. The van der Waals surface area contributed by atoms with E-state index in [9.17, 15) is 0 Å². The summed E-state index contributed by atoms with van der Waals surface area (Å²) in [6, 6.07) is 7.98. The molecule has 0 aliphatic rings. The summed E-state index contributed by atoms with van der Waals surface area (Å²) >= 11 is 0. The Morgan fingerprint density at radius 1 is 1.10 bits per heavy atom. The van der Waals surface area contributed by atoms with Crippen LogP contribution in [0.1, 0.15) is 19.8 Å². The summed E-state index contributed by atoms with van der Waals surface area (Å²) in [6.07, 6.45) is 3.83. The molecule has 7 nitrogen and oxygen atoms in total. The highest BCUT2D eigenvalue weighted by Crippen LogP contribution is 2.21. The third kappa shape index (κ3) is 2.81. The van der Waals surface area contributed by atoms with E-state index in [0.717, 1.165) is 36.3 Å². The van der Waals surface area contributed by atoms with Gasteiger partial charge in [0.25, 0.3) is 0 Å². The Balaban J connectivity index is 1.86. The van der Waals surface area contributed by atoms with Crippen molar-refractivity contribution in [3.63, 3.8) is 0 Å². The van der Waals surface area contributed by atoms with Gasteiger partial charge in [-0.1, -0.05) is 37.6 Å². The van der Waals surface area contributed by atoms with Crippen molar-refractivity contribution in [2.24, 2.45) is 7.05 Å². The predicted octanol–water partition coefficient (Wildman–Crippen LogP) is 1.94. The Kier molecular flexibility index (Phi) is 3.72. The highest BCUT2D eigenvalue weighted by molar-refractivity contribution is 5.62. The SMILES string of the molecule is CCCCn1ncnc1-c1ccc(-c2nnn(C)n2)cc1. The molecule has 21 heavy (non-hydrogen) atoms. The standard InChI is InChI=1S/C14H17N7/c1-3-4-9-21-14(15-10-16-21)12-7-5-11(6-8-12)13-17-19-20(2)18-13/h5-8,10H,3-4,9H2,1-2H3. The van der Waals surface area contributed by atoms with Crippen LogP contribution in [0, 0.1) is 0 Å². The number of hydrogen-bond donors (Lipinski definition) is 0. The molecule has 0 bridgehead atoms. The monoisotopic (exact) mass is 283 g/mol. The van der Waals surface area contributed by atoms with Crippen LogP contribution in [0.3, 0.4) is 0 Å². The third-order valence-corrected chi connectivity index (χ3v) is 3.25. The maximum absolute atomic E-state index is 4.35. The lowest BCUT2D eigenvalue weighted by Crippen LogP contribution is -2.02. The number of aromatic nitrogens is 7. The highest BCUT2D eigenvalue weighted by atomic mass is 15.6. The van der Waals surface area contributed by atoms with E-state index in [4.69, 9.17) is 0 Å². The number of benzene rings is 1. The van der Waals surface area contributed by atoms with Gasteiger partial charge in [-0.25, -0.2) is 9.67 Å². The molecular weight excluding hydrogens is 266 g/mol. The van der Waals surface area contributed by atoms with Crippen molar-refractivity contribution < 1.29 is 0 Å². The Morgan fingerprint density at radius 2 is 1.86 bits per heavy atom. The number of tetrazole rings is 1. The van der Waals surface area contributed by atoms with E-state index < -0.39 is 0 Å². The molecule has 3 aromatic rings. The summed E-state index contributed by atoms with van der Waals surface area (Å²) in [7, 11) is 1.75. The van der Waals surface area contributed by atoms with Gasteiger partial charge in [-0.3, -0.25) is 0 Å². The summed E-state index contributed by atoms with van der Waals surface area (Å²) in [4.78, 5) is 5.80. The fraction of sp³-hybridized carbons (Fsp3) is 0.357. The van der Waals surface area contributed by atoms with Crippen LogP contribution in [0.15, 0.2) is 30.6 Å². The Morgan fingerprint density at radius 3 is 2.52 bits per heavy atom. The van der Waals surface area contributed by atoms with Gasteiger partial charge in [0.2, 0.25) is 5.82 Å². The molecule has 0 N–H and O–H groups in total. The topological polar surface area (TPSA) is 74.3 Å². The molecule has 7 heteroatoms. The normalized spacial score (nSPS) is 11.0. The van der Waals surface area contributed by atoms with Crippen LogP contribution in [0.2, 0.25) is 0 Å². The predicted molar refractivity (Wildman–Crippen MR) is 78.2 cm³/mol. The van der Waals surface area contributed by atoms with Crippen molar-refractivity contribution >= 4 is 0 Å².